The number of hydrogen-bond acceptors (Lipinski definition) is 4. The highest BCUT2D eigenvalue weighted by Crippen LogP contribution is 2.22. The van der Waals surface area contributed by atoms with Crippen molar-refractivity contribution in [2.75, 3.05) is 26.9 Å². The van der Waals surface area contributed by atoms with E-state index in [0.717, 1.165) is 5.56 Å². The molecule has 1 aromatic rings. The molecule has 0 fully saturated rings. The predicted molar refractivity (Wildman–Crippen MR) is 70.3 cm³/mol. The topological polar surface area (TPSA) is 54.3 Å². The highest BCUT2D eigenvalue weighted by Gasteiger charge is 2.09. The van der Waals surface area contributed by atoms with Crippen LogP contribution in [0.4, 0.5) is 4.39 Å². The van der Waals surface area contributed by atoms with Crippen LogP contribution < -0.4 is 10.1 Å². The Bertz CT molecular complexity index is 418. The SMILES string of the molecule is COCCNCc1cccc(F)c1OCCCC#N. The minimum absolute atomic E-state index is 0.269. The van der Waals surface area contributed by atoms with Gasteiger partial charge in [0.1, 0.15) is 0 Å². The lowest BCUT2D eigenvalue weighted by Gasteiger charge is -2.12. The molecule has 0 aromatic heterocycles. The lowest BCUT2D eigenvalue weighted by atomic mass is 10.2. The smallest absolute Gasteiger partial charge is 0.165 e. The van der Waals surface area contributed by atoms with E-state index in [4.69, 9.17) is 14.7 Å². The standard InChI is InChI=1S/C14H19FN2O2/c1-18-10-8-17-11-12-5-4-6-13(15)14(12)19-9-3-2-7-16/h4-6,17H,2-3,8-11H2,1H3. The molecule has 0 saturated carbocycles. The summed E-state index contributed by atoms with van der Waals surface area (Å²) in [5, 5.41) is 11.6. The molecule has 1 N–H and O–H groups in total. The fourth-order valence-corrected chi connectivity index (χ4v) is 1.58. The first-order valence-corrected chi connectivity index (χ1v) is 6.26. The third-order valence-electron chi connectivity index (χ3n) is 2.53. The molecule has 0 amide bonds. The van der Waals surface area contributed by atoms with Crippen molar-refractivity contribution in [3.05, 3.63) is 29.6 Å². The summed E-state index contributed by atoms with van der Waals surface area (Å²) in [6.45, 7) is 2.17. The number of halogens is 1. The number of hydrogen-bond donors (Lipinski definition) is 1. The number of benzene rings is 1. The highest BCUT2D eigenvalue weighted by molar-refractivity contribution is 5.34. The molecule has 0 atom stereocenters. The second kappa shape index (κ2) is 9.31. The van der Waals surface area contributed by atoms with Gasteiger partial charge in [-0.2, -0.15) is 5.26 Å². The number of rotatable bonds is 9. The number of ether oxygens (including phenoxy) is 2. The largest absolute Gasteiger partial charge is 0.490 e. The van der Waals surface area contributed by atoms with Crippen molar-refractivity contribution in [3.8, 4) is 11.8 Å². The number of nitrogens with one attached hydrogen (secondary N) is 1. The molecule has 1 rings (SSSR count). The van der Waals surface area contributed by atoms with E-state index in [1.807, 2.05) is 12.1 Å². The molecule has 0 unspecified atom stereocenters. The van der Waals surface area contributed by atoms with Gasteiger partial charge in [0.2, 0.25) is 0 Å². The first kappa shape index (κ1) is 15.4. The van der Waals surface area contributed by atoms with Crippen molar-refractivity contribution < 1.29 is 13.9 Å². The molecule has 0 bridgehead atoms. The van der Waals surface area contributed by atoms with Gasteiger partial charge in [0.15, 0.2) is 11.6 Å². The van der Waals surface area contributed by atoms with Gasteiger partial charge in [-0.1, -0.05) is 12.1 Å². The van der Waals surface area contributed by atoms with Crippen LogP contribution in [0.3, 0.4) is 0 Å². The van der Waals surface area contributed by atoms with Crippen molar-refractivity contribution in [3.63, 3.8) is 0 Å². The summed E-state index contributed by atoms with van der Waals surface area (Å²) >= 11 is 0. The Morgan fingerprint density at radius 2 is 2.21 bits per heavy atom. The molecule has 0 heterocycles. The fraction of sp³-hybridized carbons (Fsp3) is 0.500. The number of methoxy groups -OCH3 is 1. The first-order valence-electron chi connectivity index (χ1n) is 6.26. The first-order chi connectivity index (χ1) is 9.29. The van der Waals surface area contributed by atoms with Crippen LogP contribution in [0.15, 0.2) is 18.2 Å². The van der Waals surface area contributed by atoms with E-state index in [1.54, 1.807) is 13.2 Å². The molecule has 0 saturated heterocycles. The van der Waals surface area contributed by atoms with Gasteiger partial charge in [0.05, 0.1) is 19.3 Å². The highest BCUT2D eigenvalue weighted by atomic mass is 19.1. The second-order valence-corrected chi connectivity index (χ2v) is 4.01. The molecule has 0 spiro atoms. The Kier molecular flexibility index (Phi) is 7.56. The van der Waals surface area contributed by atoms with Crippen LogP contribution in [0.5, 0.6) is 5.75 Å². The Labute approximate surface area is 113 Å². The quantitative estimate of drug-likeness (QED) is 0.696. The van der Waals surface area contributed by atoms with Gasteiger partial charge in [0, 0.05) is 32.2 Å². The molecular weight excluding hydrogens is 247 g/mol. The molecule has 0 aliphatic carbocycles. The van der Waals surface area contributed by atoms with E-state index >= 15 is 0 Å². The molecule has 19 heavy (non-hydrogen) atoms. The average Bonchev–Trinajstić information content (AvgIpc) is 2.42. The molecule has 4 nitrogen and oxygen atoms in total. The van der Waals surface area contributed by atoms with Crippen molar-refractivity contribution in [2.45, 2.75) is 19.4 Å². The minimum Gasteiger partial charge on any atom is -0.490 e. The Balaban J connectivity index is 2.54. The molecular formula is C14H19FN2O2. The summed E-state index contributed by atoms with van der Waals surface area (Å²) in [5.74, 6) is -0.103. The summed E-state index contributed by atoms with van der Waals surface area (Å²) < 4.78 is 24.0. The van der Waals surface area contributed by atoms with Crippen molar-refractivity contribution in [1.29, 1.82) is 5.26 Å². The molecule has 104 valence electrons. The van der Waals surface area contributed by atoms with Gasteiger partial charge in [0.25, 0.3) is 0 Å². The molecule has 0 radical (unpaired) electrons. The van der Waals surface area contributed by atoms with Gasteiger partial charge in [-0.15, -0.1) is 0 Å². The van der Waals surface area contributed by atoms with Gasteiger partial charge < -0.3 is 14.8 Å². The van der Waals surface area contributed by atoms with Crippen LogP contribution in [-0.2, 0) is 11.3 Å². The van der Waals surface area contributed by atoms with Crippen molar-refractivity contribution in [2.24, 2.45) is 0 Å². The minimum atomic E-state index is -0.372. The summed E-state index contributed by atoms with van der Waals surface area (Å²) in [6.07, 6.45) is 1.01. The number of para-hydroxylation sites is 1. The summed E-state index contributed by atoms with van der Waals surface area (Å²) in [6, 6.07) is 6.88. The predicted octanol–water partition coefficient (Wildman–Crippen LogP) is 2.24. The van der Waals surface area contributed by atoms with E-state index in [1.165, 1.54) is 6.07 Å². The third kappa shape index (κ3) is 5.69. The molecule has 0 aliphatic rings. The van der Waals surface area contributed by atoms with Crippen molar-refractivity contribution in [1.82, 2.24) is 5.32 Å². The normalized spacial score (nSPS) is 10.2. The van der Waals surface area contributed by atoms with Gasteiger partial charge in [-0.3, -0.25) is 0 Å². The van der Waals surface area contributed by atoms with Gasteiger partial charge in [-0.25, -0.2) is 4.39 Å². The molecule has 5 heteroatoms. The third-order valence-corrected chi connectivity index (χ3v) is 2.53. The van der Waals surface area contributed by atoms with E-state index in [2.05, 4.69) is 5.32 Å². The number of nitrogens with zero attached hydrogens (tertiary/aromatic N) is 1. The maximum Gasteiger partial charge on any atom is 0.165 e. The zero-order valence-electron chi connectivity index (χ0n) is 11.1. The van der Waals surface area contributed by atoms with Crippen LogP contribution >= 0.6 is 0 Å². The lowest BCUT2D eigenvalue weighted by molar-refractivity contribution is 0.199. The van der Waals surface area contributed by atoms with Crippen LogP contribution in [0.25, 0.3) is 0 Å². The molecule has 1 aromatic carbocycles. The fourth-order valence-electron chi connectivity index (χ4n) is 1.58. The van der Waals surface area contributed by atoms with Crippen LogP contribution in [0.1, 0.15) is 18.4 Å². The summed E-state index contributed by atoms with van der Waals surface area (Å²) in [5.41, 5.74) is 0.771. The maximum atomic E-state index is 13.7. The van der Waals surface area contributed by atoms with Crippen LogP contribution in [0.2, 0.25) is 0 Å². The zero-order valence-corrected chi connectivity index (χ0v) is 11.1. The van der Waals surface area contributed by atoms with Crippen molar-refractivity contribution >= 4 is 0 Å². The maximum absolute atomic E-state index is 13.7. The van der Waals surface area contributed by atoms with E-state index in [0.29, 0.717) is 39.1 Å². The Hall–Kier alpha value is -1.64. The summed E-state index contributed by atoms with van der Waals surface area (Å²) in [4.78, 5) is 0. The Morgan fingerprint density at radius 3 is 2.95 bits per heavy atom. The Morgan fingerprint density at radius 1 is 1.37 bits per heavy atom. The monoisotopic (exact) mass is 266 g/mol. The molecule has 0 aliphatic heterocycles. The second-order valence-electron chi connectivity index (χ2n) is 4.01. The van der Waals surface area contributed by atoms with E-state index in [9.17, 15) is 4.39 Å². The van der Waals surface area contributed by atoms with Gasteiger partial charge in [-0.05, 0) is 12.5 Å². The lowest BCUT2D eigenvalue weighted by Crippen LogP contribution is -2.19. The zero-order chi connectivity index (χ0) is 13.9. The van der Waals surface area contributed by atoms with Crippen LogP contribution in [-0.4, -0.2) is 26.9 Å². The average molecular weight is 266 g/mol. The summed E-state index contributed by atoms with van der Waals surface area (Å²) in [7, 11) is 1.63. The number of nitriles is 1. The van der Waals surface area contributed by atoms with Gasteiger partial charge >= 0.3 is 0 Å². The van der Waals surface area contributed by atoms with E-state index in [-0.39, 0.29) is 11.6 Å². The van der Waals surface area contributed by atoms with Crippen LogP contribution in [0, 0.1) is 17.1 Å². The number of unbranched alkanes of at least 4 members (excludes halogenated alkanes) is 1. The van der Waals surface area contributed by atoms with E-state index < -0.39 is 0 Å².